The minimum absolute atomic E-state index is 0.120. The smallest absolute Gasteiger partial charge is 0.277 e. The third kappa shape index (κ3) is 4.58. The zero-order chi connectivity index (χ0) is 16.7. The lowest BCUT2D eigenvalue weighted by molar-refractivity contribution is -0.123. The fourth-order valence-corrected chi connectivity index (χ4v) is 1.80. The summed E-state index contributed by atoms with van der Waals surface area (Å²) in [6.45, 7) is 1.54. The Kier molecular flexibility index (Phi) is 5.31. The average molecular weight is 309 g/mol. The van der Waals surface area contributed by atoms with Gasteiger partial charge in [-0.05, 0) is 36.8 Å². The van der Waals surface area contributed by atoms with Gasteiger partial charge in [-0.3, -0.25) is 4.79 Å². The molecule has 2 N–H and O–H groups in total. The fraction of sp³-hybridized carbons (Fsp3) is 0.118. The van der Waals surface area contributed by atoms with E-state index in [4.69, 9.17) is 10.00 Å². The van der Waals surface area contributed by atoms with Crippen molar-refractivity contribution in [2.75, 3.05) is 6.61 Å². The summed E-state index contributed by atoms with van der Waals surface area (Å²) in [6, 6.07) is 13.7. The molecule has 1 amide bonds. The molecule has 0 aliphatic heterocycles. The number of nitrogens with one attached hydrogen (secondary N) is 1. The van der Waals surface area contributed by atoms with Gasteiger partial charge in [-0.15, -0.1) is 0 Å². The largest absolute Gasteiger partial charge is 0.507 e. The Balaban J connectivity index is 1.86. The monoisotopic (exact) mass is 309 g/mol. The molecule has 23 heavy (non-hydrogen) atoms. The Morgan fingerprint density at radius 3 is 2.96 bits per heavy atom. The van der Waals surface area contributed by atoms with Crippen molar-refractivity contribution in [1.82, 2.24) is 5.43 Å². The van der Waals surface area contributed by atoms with Crippen LogP contribution in [-0.2, 0) is 4.79 Å². The highest BCUT2D eigenvalue weighted by atomic mass is 16.5. The molecule has 2 aromatic carbocycles. The molecule has 0 aliphatic carbocycles. The minimum Gasteiger partial charge on any atom is -0.507 e. The molecule has 0 bridgehead atoms. The van der Waals surface area contributed by atoms with Crippen molar-refractivity contribution in [3.05, 3.63) is 59.2 Å². The molecule has 0 spiro atoms. The standard InChI is InChI=1S/C17H15N3O3/c1-12-4-2-6-14(17(12)22)10-19-20-16(21)11-23-15-7-3-5-13(8-15)9-18/h2-8,10,22H,11H2,1H3,(H,20,21). The molecule has 0 aliphatic rings. The van der Waals surface area contributed by atoms with E-state index >= 15 is 0 Å². The zero-order valence-electron chi connectivity index (χ0n) is 12.5. The van der Waals surface area contributed by atoms with Crippen molar-refractivity contribution in [3.63, 3.8) is 0 Å². The van der Waals surface area contributed by atoms with Gasteiger partial charge < -0.3 is 9.84 Å². The highest BCUT2D eigenvalue weighted by molar-refractivity contribution is 5.85. The lowest BCUT2D eigenvalue weighted by Gasteiger charge is -2.05. The van der Waals surface area contributed by atoms with Crippen molar-refractivity contribution in [3.8, 4) is 17.6 Å². The number of phenols is 1. The van der Waals surface area contributed by atoms with E-state index in [0.29, 0.717) is 16.9 Å². The quantitative estimate of drug-likeness (QED) is 0.653. The summed E-state index contributed by atoms with van der Waals surface area (Å²) >= 11 is 0. The molecule has 0 heterocycles. The number of hydrogen-bond acceptors (Lipinski definition) is 5. The van der Waals surface area contributed by atoms with Gasteiger partial charge >= 0.3 is 0 Å². The van der Waals surface area contributed by atoms with Gasteiger partial charge in [-0.2, -0.15) is 10.4 Å². The van der Waals surface area contributed by atoms with E-state index in [1.807, 2.05) is 6.07 Å². The third-order valence-electron chi connectivity index (χ3n) is 2.99. The summed E-state index contributed by atoms with van der Waals surface area (Å²) in [4.78, 5) is 11.6. The van der Waals surface area contributed by atoms with Crippen LogP contribution in [0.1, 0.15) is 16.7 Å². The lowest BCUT2D eigenvalue weighted by Crippen LogP contribution is -2.24. The van der Waals surface area contributed by atoms with Gasteiger partial charge in [-0.1, -0.05) is 18.2 Å². The number of phenolic OH excluding ortho intramolecular Hbond substituents is 1. The van der Waals surface area contributed by atoms with Gasteiger partial charge in [0, 0.05) is 5.56 Å². The zero-order valence-corrected chi connectivity index (χ0v) is 12.5. The summed E-state index contributed by atoms with van der Waals surface area (Å²) in [5, 5.41) is 22.4. The van der Waals surface area contributed by atoms with Crippen molar-refractivity contribution in [2.45, 2.75) is 6.92 Å². The molecule has 0 fully saturated rings. The summed E-state index contributed by atoms with van der Waals surface area (Å²) in [7, 11) is 0. The first kappa shape index (κ1) is 16.0. The Morgan fingerprint density at radius 1 is 1.39 bits per heavy atom. The Labute approximate surface area is 133 Å². The van der Waals surface area contributed by atoms with Gasteiger partial charge in [-0.25, -0.2) is 5.43 Å². The first-order chi connectivity index (χ1) is 11.1. The van der Waals surface area contributed by atoms with E-state index in [0.717, 1.165) is 5.56 Å². The van der Waals surface area contributed by atoms with Gasteiger partial charge in [0.05, 0.1) is 17.8 Å². The molecular formula is C17H15N3O3. The van der Waals surface area contributed by atoms with Crippen molar-refractivity contribution in [1.29, 1.82) is 5.26 Å². The molecule has 0 aromatic heterocycles. The van der Waals surface area contributed by atoms with Crippen molar-refractivity contribution < 1.29 is 14.6 Å². The lowest BCUT2D eigenvalue weighted by atomic mass is 10.1. The van der Waals surface area contributed by atoms with Crippen LogP contribution in [0.25, 0.3) is 0 Å². The van der Waals surface area contributed by atoms with Crippen molar-refractivity contribution in [2.24, 2.45) is 5.10 Å². The number of nitriles is 1. The Hall–Kier alpha value is -3.33. The molecule has 0 atom stereocenters. The number of aryl methyl sites for hydroxylation is 1. The second kappa shape index (κ2) is 7.61. The number of nitrogens with zero attached hydrogens (tertiary/aromatic N) is 2. The maximum atomic E-state index is 11.6. The van der Waals surface area contributed by atoms with Crippen molar-refractivity contribution >= 4 is 12.1 Å². The van der Waals surface area contributed by atoms with E-state index in [1.54, 1.807) is 49.4 Å². The van der Waals surface area contributed by atoms with E-state index in [1.165, 1.54) is 6.21 Å². The number of carbonyl (C=O) groups is 1. The van der Waals surface area contributed by atoms with Crippen LogP contribution in [0.5, 0.6) is 11.5 Å². The van der Waals surface area contributed by atoms with Crippen LogP contribution in [0, 0.1) is 18.3 Å². The number of hydrazone groups is 1. The second-order valence-corrected chi connectivity index (χ2v) is 4.73. The van der Waals surface area contributed by atoms with Gasteiger partial charge in [0.15, 0.2) is 6.61 Å². The van der Waals surface area contributed by atoms with Crippen LogP contribution >= 0.6 is 0 Å². The summed E-state index contributed by atoms with van der Waals surface area (Å²) in [5.41, 5.74) is 3.99. The number of hydrogen-bond donors (Lipinski definition) is 2. The average Bonchev–Trinajstić information content (AvgIpc) is 2.57. The molecule has 6 nitrogen and oxygen atoms in total. The topological polar surface area (TPSA) is 94.7 Å². The van der Waals surface area contributed by atoms with E-state index in [2.05, 4.69) is 10.5 Å². The first-order valence-electron chi connectivity index (χ1n) is 6.83. The second-order valence-electron chi connectivity index (χ2n) is 4.73. The molecular weight excluding hydrogens is 294 g/mol. The fourth-order valence-electron chi connectivity index (χ4n) is 1.80. The van der Waals surface area contributed by atoms with Crippen LogP contribution in [0.4, 0.5) is 0 Å². The molecule has 116 valence electrons. The number of para-hydroxylation sites is 1. The van der Waals surface area contributed by atoms with Crippen LogP contribution in [0.2, 0.25) is 0 Å². The Morgan fingerprint density at radius 2 is 2.17 bits per heavy atom. The SMILES string of the molecule is Cc1cccc(C=NNC(=O)COc2cccc(C#N)c2)c1O. The molecule has 0 unspecified atom stereocenters. The molecule has 2 rings (SSSR count). The van der Waals surface area contributed by atoms with E-state index in [9.17, 15) is 9.90 Å². The maximum absolute atomic E-state index is 11.6. The predicted octanol–water partition coefficient (Wildman–Crippen LogP) is 2.10. The van der Waals surface area contributed by atoms with Crippen LogP contribution in [0.3, 0.4) is 0 Å². The molecule has 6 heteroatoms. The molecule has 0 radical (unpaired) electrons. The molecule has 0 saturated carbocycles. The van der Waals surface area contributed by atoms with E-state index < -0.39 is 5.91 Å². The normalized spacial score (nSPS) is 10.3. The number of amides is 1. The van der Waals surface area contributed by atoms with Crippen LogP contribution in [-0.4, -0.2) is 23.8 Å². The summed E-state index contributed by atoms with van der Waals surface area (Å²) in [6.07, 6.45) is 1.36. The number of ether oxygens (including phenoxy) is 1. The third-order valence-corrected chi connectivity index (χ3v) is 2.99. The van der Waals surface area contributed by atoms with Gasteiger partial charge in [0.1, 0.15) is 11.5 Å². The number of benzene rings is 2. The number of aromatic hydroxyl groups is 1. The van der Waals surface area contributed by atoms with Crippen LogP contribution < -0.4 is 10.2 Å². The predicted molar refractivity (Wildman–Crippen MR) is 85.2 cm³/mol. The first-order valence-corrected chi connectivity index (χ1v) is 6.83. The van der Waals surface area contributed by atoms with E-state index in [-0.39, 0.29) is 12.4 Å². The maximum Gasteiger partial charge on any atom is 0.277 e. The van der Waals surface area contributed by atoms with Gasteiger partial charge in [0.25, 0.3) is 5.91 Å². The summed E-state index contributed by atoms with van der Waals surface area (Å²) < 4.78 is 5.27. The summed E-state index contributed by atoms with van der Waals surface area (Å²) in [5.74, 6) is 0.102. The number of rotatable bonds is 5. The number of carbonyl (C=O) groups excluding carboxylic acids is 1. The highest BCUT2D eigenvalue weighted by Gasteiger charge is 2.03. The van der Waals surface area contributed by atoms with Crippen LogP contribution in [0.15, 0.2) is 47.6 Å². The molecule has 0 saturated heterocycles. The Bertz CT molecular complexity index is 779. The minimum atomic E-state index is -0.448. The van der Waals surface area contributed by atoms with Gasteiger partial charge in [0.2, 0.25) is 0 Å². The molecule has 2 aromatic rings. The highest BCUT2D eigenvalue weighted by Crippen LogP contribution is 2.19.